The molecule has 1 N–H and O–H groups in total. The van der Waals surface area contributed by atoms with Crippen LogP contribution in [0, 0.1) is 5.92 Å². The SMILES string of the molecule is COC1(C(=O)NC2CCS(=O)(=O)c3ccccc32)CCC(C(F)F)CC1. The molecule has 1 aromatic carbocycles. The van der Waals surface area contributed by atoms with Crippen molar-refractivity contribution >= 4 is 15.7 Å². The number of carbonyl (C=O) groups is 1. The lowest BCUT2D eigenvalue weighted by atomic mass is 9.78. The first-order valence-corrected chi connectivity index (χ1v) is 10.4. The highest BCUT2D eigenvalue weighted by Crippen LogP contribution is 2.39. The molecule has 8 heteroatoms. The number of nitrogens with one attached hydrogen (secondary N) is 1. The van der Waals surface area contributed by atoms with E-state index in [0.29, 0.717) is 5.56 Å². The summed E-state index contributed by atoms with van der Waals surface area (Å²) in [7, 11) is -1.92. The Labute approximate surface area is 152 Å². The molecule has 1 heterocycles. The Morgan fingerprint density at radius 2 is 1.88 bits per heavy atom. The maximum absolute atomic E-state index is 12.9. The number of fused-ring (bicyclic) bond motifs is 1. The van der Waals surface area contributed by atoms with Crippen molar-refractivity contribution in [1.82, 2.24) is 5.32 Å². The molecule has 0 aromatic heterocycles. The lowest BCUT2D eigenvalue weighted by molar-refractivity contribution is -0.151. The Morgan fingerprint density at radius 1 is 1.23 bits per heavy atom. The number of methoxy groups -OCH3 is 1. The van der Waals surface area contributed by atoms with Crippen LogP contribution >= 0.6 is 0 Å². The van der Waals surface area contributed by atoms with Crippen LogP contribution in [0.2, 0.25) is 0 Å². The second-order valence-corrected chi connectivity index (χ2v) is 9.12. The fourth-order valence-electron chi connectivity index (χ4n) is 3.91. The van der Waals surface area contributed by atoms with E-state index in [1.165, 1.54) is 7.11 Å². The van der Waals surface area contributed by atoms with Crippen molar-refractivity contribution < 1.29 is 26.7 Å². The van der Waals surface area contributed by atoms with Crippen LogP contribution in [0.25, 0.3) is 0 Å². The smallest absolute Gasteiger partial charge is 0.252 e. The fraction of sp³-hybridized carbons (Fsp3) is 0.611. The summed E-state index contributed by atoms with van der Waals surface area (Å²) in [6, 6.07) is 6.20. The van der Waals surface area contributed by atoms with Gasteiger partial charge in [0, 0.05) is 13.0 Å². The van der Waals surface area contributed by atoms with Gasteiger partial charge in [-0.05, 0) is 43.7 Å². The molecule has 1 aliphatic heterocycles. The summed E-state index contributed by atoms with van der Waals surface area (Å²) in [5.74, 6) is -1.10. The highest BCUT2D eigenvalue weighted by Gasteiger charge is 2.45. The number of rotatable bonds is 4. The van der Waals surface area contributed by atoms with Gasteiger partial charge in [-0.3, -0.25) is 4.79 Å². The van der Waals surface area contributed by atoms with Gasteiger partial charge >= 0.3 is 0 Å². The standard InChI is InChI=1S/C18H23F2NO4S/c1-25-18(9-6-12(7-10-18)16(19)20)17(22)21-14-8-11-26(23,24)15-5-3-2-4-13(14)15/h2-5,12,14,16H,6-11H2,1H3,(H,21,22). The lowest BCUT2D eigenvalue weighted by Crippen LogP contribution is -2.52. The van der Waals surface area contributed by atoms with Crippen molar-refractivity contribution in [3.05, 3.63) is 29.8 Å². The number of carbonyl (C=O) groups excluding carboxylic acids is 1. The lowest BCUT2D eigenvalue weighted by Gasteiger charge is -2.39. The molecule has 1 atom stereocenters. The van der Waals surface area contributed by atoms with Gasteiger partial charge in [0.1, 0.15) is 5.60 Å². The van der Waals surface area contributed by atoms with Crippen LogP contribution in [0.5, 0.6) is 0 Å². The van der Waals surface area contributed by atoms with Crippen molar-refractivity contribution in [2.24, 2.45) is 5.92 Å². The predicted molar refractivity (Wildman–Crippen MR) is 91.7 cm³/mol. The van der Waals surface area contributed by atoms with Gasteiger partial charge in [-0.15, -0.1) is 0 Å². The fourth-order valence-corrected chi connectivity index (χ4v) is 5.53. The average molecular weight is 387 g/mol. The molecule has 1 amide bonds. The Kier molecular flexibility index (Phi) is 5.35. The van der Waals surface area contributed by atoms with Crippen LogP contribution in [0.1, 0.15) is 43.7 Å². The van der Waals surface area contributed by atoms with E-state index in [1.807, 2.05) is 0 Å². The minimum Gasteiger partial charge on any atom is -0.368 e. The van der Waals surface area contributed by atoms with E-state index >= 15 is 0 Å². The Morgan fingerprint density at radius 3 is 2.50 bits per heavy atom. The molecule has 0 bridgehead atoms. The summed E-state index contributed by atoms with van der Waals surface area (Å²) < 4.78 is 55.7. The molecule has 1 aliphatic carbocycles. The summed E-state index contributed by atoms with van der Waals surface area (Å²) in [6.07, 6.45) is -1.18. The molecule has 0 spiro atoms. The molecule has 0 saturated heterocycles. The van der Waals surface area contributed by atoms with E-state index in [2.05, 4.69) is 5.32 Å². The minimum absolute atomic E-state index is 0.0393. The summed E-state index contributed by atoms with van der Waals surface area (Å²) in [4.78, 5) is 13.1. The second-order valence-electron chi connectivity index (χ2n) is 7.04. The first-order chi connectivity index (χ1) is 12.3. The number of ether oxygens (including phenoxy) is 1. The topological polar surface area (TPSA) is 72.5 Å². The molecule has 5 nitrogen and oxygen atoms in total. The largest absolute Gasteiger partial charge is 0.368 e. The monoisotopic (exact) mass is 387 g/mol. The van der Waals surface area contributed by atoms with E-state index < -0.39 is 33.8 Å². The van der Waals surface area contributed by atoms with Gasteiger partial charge in [0.15, 0.2) is 9.84 Å². The van der Waals surface area contributed by atoms with Crippen LogP contribution in [-0.2, 0) is 19.4 Å². The van der Waals surface area contributed by atoms with E-state index in [0.717, 1.165) is 0 Å². The van der Waals surface area contributed by atoms with Crippen LogP contribution in [0.15, 0.2) is 29.2 Å². The molecule has 144 valence electrons. The zero-order valence-corrected chi connectivity index (χ0v) is 15.4. The number of hydrogen-bond acceptors (Lipinski definition) is 4. The van der Waals surface area contributed by atoms with Crippen LogP contribution in [0.4, 0.5) is 8.78 Å². The van der Waals surface area contributed by atoms with Gasteiger partial charge in [0.05, 0.1) is 16.7 Å². The summed E-state index contributed by atoms with van der Waals surface area (Å²) in [5, 5.41) is 2.90. The van der Waals surface area contributed by atoms with E-state index in [1.54, 1.807) is 24.3 Å². The highest BCUT2D eigenvalue weighted by atomic mass is 32.2. The predicted octanol–water partition coefficient (Wildman–Crippen LogP) is 2.86. The molecule has 26 heavy (non-hydrogen) atoms. The summed E-state index contributed by atoms with van der Waals surface area (Å²) >= 11 is 0. The van der Waals surface area contributed by atoms with E-state index in [9.17, 15) is 22.0 Å². The van der Waals surface area contributed by atoms with Crippen molar-refractivity contribution in [3.63, 3.8) is 0 Å². The minimum atomic E-state index is -3.34. The van der Waals surface area contributed by atoms with E-state index in [4.69, 9.17) is 4.74 Å². The van der Waals surface area contributed by atoms with Gasteiger partial charge in [0.25, 0.3) is 5.91 Å². The molecule has 3 rings (SSSR count). The van der Waals surface area contributed by atoms with Crippen LogP contribution in [-0.4, -0.2) is 39.2 Å². The molecule has 1 saturated carbocycles. The molecular weight excluding hydrogens is 364 g/mol. The highest BCUT2D eigenvalue weighted by molar-refractivity contribution is 7.91. The molecule has 1 aromatic rings. The number of halogens is 2. The number of benzene rings is 1. The second kappa shape index (κ2) is 7.23. The number of sulfone groups is 1. The Hall–Kier alpha value is -1.54. The first kappa shape index (κ1) is 19.2. The third kappa shape index (κ3) is 3.49. The first-order valence-electron chi connectivity index (χ1n) is 8.75. The van der Waals surface area contributed by atoms with Crippen molar-refractivity contribution in [1.29, 1.82) is 0 Å². The van der Waals surface area contributed by atoms with Crippen LogP contribution in [0.3, 0.4) is 0 Å². The maximum atomic E-state index is 12.9. The Bertz CT molecular complexity index is 773. The van der Waals surface area contributed by atoms with Gasteiger partial charge in [-0.2, -0.15) is 0 Å². The zero-order chi connectivity index (χ0) is 18.9. The molecular formula is C18H23F2NO4S. The average Bonchev–Trinajstić information content (AvgIpc) is 2.64. The third-order valence-corrected chi connectivity index (χ3v) is 7.42. The molecule has 2 aliphatic rings. The number of hydrogen-bond donors (Lipinski definition) is 1. The zero-order valence-electron chi connectivity index (χ0n) is 14.6. The number of alkyl halides is 2. The van der Waals surface area contributed by atoms with E-state index in [-0.39, 0.29) is 48.7 Å². The van der Waals surface area contributed by atoms with Crippen molar-refractivity contribution in [3.8, 4) is 0 Å². The van der Waals surface area contributed by atoms with Crippen molar-refractivity contribution in [2.75, 3.05) is 12.9 Å². The van der Waals surface area contributed by atoms with Crippen molar-refractivity contribution in [2.45, 2.75) is 55.1 Å². The summed E-state index contributed by atoms with van der Waals surface area (Å²) in [6.45, 7) is 0. The normalized spacial score (nSPS) is 30.6. The van der Waals surface area contributed by atoms with Gasteiger partial charge < -0.3 is 10.1 Å². The van der Waals surface area contributed by atoms with Gasteiger partial charge in [-0.1, -0.05) is 18.2 Å². The molecule has 1 fully saturated rings. The molecule has 1 unspecified atom stereocenters. The maximum Gasteiger partial charge on any atom is 0.252 e. The van der Waals surface area contributed by atoms with Crippen LogP contribution < -0.4 is 5.32 Å². The quantitative estimate of drug-likeness (QED) is 0.862. The molecule has 0 radical (unpaired) electrons. The van der Waals surface area contributed by atoms with Gasteiger partial charge in [-0.25, -0.2) is 17.2 Å². The Balaban J connectivity index is 1.77. The third-order valence-electron chi connectivity index (χ3n) is 5.61. The summed E-state index contributed by atoms with van der Waals surface area (Å²) in [5.41, 5.74) is -0.559. The van der Waals surface area contributed by atoms with Gasteiger partial charge in [0.2, 0.25) is 6.43 Å². The number of amides is 1.